The first-order valence-corrected chi connectivity index (χ1v) is 5.15. The Morgan fingerprint density at radius 2 is 1.30 bits per heavy atom. The molecule has 1 aromatic carbocycles. The molecule has 2 N–H and O–H groups in total. The lowest BCUT2D eigenvalue weighted by Gasteiger charge is -2.11. The minimum Gasteiger partial charge on any atom is -0.478 e. The summed E-state index contributed by atoms with van der Waals surface area (Å²) in [4.78, 5) is 45.4. The fourth-order valence-electron chi connectivity index (χ4n) is 1.60. The smallest absolute Gasteiger partial charge is 0.339 e. The lowest BCUT2D eigenvalue weighted by Crippen LogP contribution is -2.20. The highest BCUT2D eigenvalue weighted by atomic mass is 16.5. The highest BCUT2D eigenvalue weighted by Crippen LogP contribution is 2.22. The Hall–Kier alpha value is -2.90. The van der Waals surface area contributed by atoms with Gasteiger partial charge in [0.2, 0.25) is 0 Å². The molecule has 0 fully saturated rings. The summed E-state index contributed by atoms with van der Waals surface area (Å²) in [5.41, 5.74) is -2.51. The molecule has 0 aliphatic heterocycles. The minimum atomic E-state index is -1.67. The van der Waals surface area contributed by atoms with Gasteiger partial charge in [0.1, 0.15) is 0 Å². The van der Waals surface area contributed by atoms with E-state index in [-0.39, 0.29) is 5.56 Å². The second-order valence-corrected chi connectivity index (χ2v) is 3.50. The van der Waals surface area contributed by atoms with Crippen molar-refractivity contribution in [2.24, 2.45) is 0 Å². The molecule has 0 heterocycles. The number of carbonyl (C=O) groups is 4. The largest absolute Gasteiger partial charge is 0.478 e. The fraction of sp³-hybridized carbons (Fsp3) is 0.167. The molecule has 0 aliphatic carbocycles. The maximum atomic E-state index is 11.7. The van der Waals surface area contributed by atoms with E-state index in [4.69, 9.17) is 10.2 Å². The van der Waals surface area contributed by atoms with Crippen LogP contribution in [0.15, 0.2) is 12.1 Å². The van der Waals surface area contributed by atoms with Crippen LogP contribution in [0.4, 0.5) is 0 Å². The molecule has 0 bridgehead atoms. The number of ether oxygens (including phenoxy) is 2. The molecular weight excluding hydrogens is 272 g/mol. The Morgan fingerprint density at radius 3 is 1.70 bits per heavy atom. The van der Waals surface area contributed by atoms with Gasteiger partial charge in [-0.3, -0.25) is 0 Å². The topological polar surface area (TPSA) is 127 Å². The summed E-state index contributed by atoms with van der Waals surface area (Å²) >= 11 is 0. The highest BCUT2D eigenvalue weighted by Gasteiger charge is 2.30. The highest BCUT2D eigenvalue weighted by molar-refractivity contribution is 6.14. The third kappa shape index (κ3) is 2.58. The lowest BCUT2D eigenvalue weighted by molar-refractivity contribution is 0.0545. The number of rotatable bonds is 4. The van der Waals surface area contributed by atoms with Gasteiger partial charge in [0.05, 0.1) is 36.5 Å². The van der Waals surface area contributed by atoms with Gasteiger partial charge in [0, 0.05) is 0 Å². The second-order valence-electron chi connectivity index (χ2n) is 3.50. The number of hydrogen-bond donors (Lipinski definition) is 2. The van der Waals surface area contributed by atoms with Gasteiger partial charge >= 0.3 is 23.9 Å². The summed E-state index contributed by atoms with van der Waals surface area (Å²) in [5.74, 6) is -5.35. The quantitative estimate of drug-likeness (QED) is 0.771. The van der Waals surface area contributed by atoms with Crippen molar-refractivity contribution in [3.63, 3.8) is 0 Å². The van der Waals surface area contributed by atoms with Gasteiger partial charge in [-0.15, -0.1) is 0 Å². The molecule has 20 heavy (non-hydrogen) atoms. The zero-order valence-corrected chi connectivity index (χ0v) is 10.5. The predicted molar refractivity (Wildman–Crippen MR) is 63.0 cm³/mol. The van der Waals surface area contributed by atoms with Crippen LogP contribution >= 0.6 is 0 Å². The zero-order valence-electron chi connectivity index (χ0n) is 10.5. The van der Waals surface area contributed by atoms with Gasteiger partial charge in [0.25, 0.3) is 0 Å². The average Bonchev–Trinajstić information content (AvgIpc) is 2.43. The van der Waals surface area contributed by atoms with Crippen molar-refractivity contribution in [1.82, 2.24) is 0 Å². The van der Waals surface area contributed by atoms with Crippen LogP contribution in [0, 0.1) is 0 Å². The number of aromatic carboxylic acids is 2. The summed E-state index contributed by atoms with van der Waals surface area (Å²) in [6.45, 7) is 0. The SMILES string of the molecule is COC(=O)c1ccc(C(=O)O)c(C(=O)O)c1C(=O)OC. The first kappa shape index (κ1) is 15.2. The van der Waals surface area contributed by atoms with Crippen LogP contribution in [0.2, 0.25) is 0 Å². The molecule has 106 valence electrons. The van der Waals surface area contributed by atoms with E-state index in [2.05, 4.69) is 9.47 Å². The van der Waals surface area contributed by atoms with Gasteiger partial charge in [0.15, 0.2) is 0 Å². The standard InChI is InChI=1S/C12H10O8/c1-19-11(17)6-4-3-5(9(13)14)7(10(15)16)8(6)12(18)20-2/h3-4H,1-2H3,(H,13,14)(H,15,16). The van der Waals surface area contributed by atoms with Crippen molar-refractivity contribution in [3.8, 4) is 0 Å². The zero-order chi connectivity index (χ0) is 15.4. The molecular formula is C12H10O8. The molecule has 0 amide bonds. The number of hydrogen-bond acceptors (Lipinski definition) is 6. The van der Waals surface area contributed by atoms with Gasteiger partial charge in [-0.1, -0.05) is 0 Å². The van der Waals surface area contributed by atoms with Crippen LogP contribution in [-0.4, -0.2) is 48.3 Å². The van der Waals surface area contributed by atoms with Crippen molar-refractivity contribution < 1.29 is 38.9 Å². The van der Waals surface area contributed by atoms with Gasteiger partial charge in [-0.25, -0.2) is 19.2 Å². The van der Waals surface area contributed by atoms with Crippen LogP contribution in [0.5, 0.6) is 0 Å². The van der Waals surface area contributed by atoms with Crippen molar-refractivity contribution in [2.75, 3.05) is 14.2 Å². The van der Waals surface area contributed by atoms with E-state index in [0.717, 1.165) is 26.4 Å². The second kappa shape index (κ2) is 5.83. The van der Waals surface area contributed by atoms with E-state index in [9.17, 15) is 19.2 Å². The Kier molecular flexibility index (Phi) is 4.42. The van der Waals surface area contributed by atoms with E-state index >= 15 is 0 Å². The summed E-state index contributed by atoms with van der Waals surface area (Å²) in [5, 5.41) is 18.0. The Morgan fingerprint density at radius 1 is 0.800 bits per heavy atom. The maximum Gasteiger partial charge on any atom is 0.339 e. The third-order valence-electron chi connectivity index (χ3n) is 2.44. The molecule has 8 nitrogen and oxygen atoms in total. The first-order chi connectivity index (χ1) is 9.34. The molecule has 0 atom stereocenters. The Balaban J connectivity index is 3.79. The first-order valence-electron chi connectivity index (χ1n) is 5.15. The van der Waals surface area contributed by atoms with Crippen molar-refractivity contribution in [1.29, 1.82) is 0 Å². The molecule has 0 radical (unpaired) electrons. The van der Waals surface area contributed by atoms with Crippen LogP contribution in [0.1, 0.15) is 41.4 Å². The number of carboxylic acids is 2. The number of carbonyl (C=O) groups excluding carboxylic acids is 2. The Labute approximate surface area is 112 Å². The van der Waals surface area contributed by atoms with Crippen LogP contribution < -0.4 is 0 Å². The monoisotopic (exact) mass is 282 g/mol. The van der Waals surface area contributed by atoms with E-state index < -0.39 is 40.6 Å². The van der Waals surface area contributed by atoms with Crippen LogP contribution in [-0.2, 0) is 9.47 Å². The molecule has 0 saturated heterocycles. The Bertz CT molecular complexity index is 602. The molecule has 1 aromatic rings. The van der Waals surface area contributed by atoms with Gasteiger partial charge < -0.3 is 19.7 Å². The summed E-state index contributed by atoms with van der Waals surface area (Å²) in [6.07, 6.45) is 0. The van der Waals surface area contributed by atoms with Crippen molar-refractivity contribution >= 4 is 23.9 Å². The average molecular weight is 282 g/mol. The summed E-state index contributed by atoms with van der Waals surface area (Å²) in [6, 6.07) is 1.90. The number of benzene rings is 1. The van der Waals surface area contributed by atoms with Gasteiger partial charge in [-0.05, 0) is 12.1 Å². The van der Waals surface area contributed by atoms with Crippen LogP contribution in [0.25, 0.3) is 0 Å². The third-order valence-corrected chi connectivity index (χ3v) is 2.44. The van der Waals surface area contributed by atoms with E-state index in [1.807, 2.05) is 0 Å². The lowest BCUT2D eigenvalue weighted by atomic mass is 9.95. The van der Waals surface area contributed by atoms with E-state index in [1.165, 1.54) is 0 Å². The van der Waals surface area contributed by atoms with E-state index in [1.54, 1.807) is 0 Å². The van der Waals surface area contributed by atoms with Gasteiger partial charge in [-0.2, -0.15) is 0 Å². The van der Waals surface area contributed by atoms with Crippen molar-refractivity contribution in [2.45, 2.75) is 0 Å². The maximum absolute atomic E-state index is 11.7. The summed E-state index contributed by atoms with van der Waals surface area (Å²) < 4.78 is 8.81. The molecule has 0 spiro atoms. The normalized spacial score (nSPS) is 9.70. The summed E-state index contributed by atoms with van der Waals surface area (Å²) in [7, 11) is 2.01. The number of esters is 2. The predicted octanol–water partition coefficient (Wildman–Crippen LogP) is 0.656. The number of methoxy groups -OCH3 is 2. The van der Waals surface area contributed by atoms with E-state index in [0.29, 0.717) is 0 Å². The number of carboxylic acid groups (broad SMARTS) is 2. The minimum absolute atomic E-state index is 0.387. The molecule has 0 aromatic heterocycles. The molecule has 1 rings (SSSR count). The van der Waals surface area contributed by atoms with Crippen molar-refractivity contribution in [3.05, 3.63) is 34.4 Å². The van der Waals surface area contributed by atoms with Crippen LogP contribution in [0.3, 0.4) is 0 Å². The molecule has 0 aliphatic rings. The molecule has 8 heteroatoms. The molecule has 0 saturated carbocycles. The fourth-order valence-corrected chi connectivity index (χ4v) is 1.60. The molecule has 0 unspecified atom stereocenters.